The second-order valence-corrected chi connectivity index (χ2v) is 8.98. The summed E-state index contributed by atoms with van der Waals surface area (Å²) in [4.78, 5) is 13.2. The third-order valence-electron chi connectivity index (χ3n) is 5.20. The predicted octanol–water partition coefficient (Wildman–Crippen LogP) is 5.60. The minimum absolute atomic E-state index is 0.0632. The lowest BCUT2D eigenvalue weighted by molar-refractivity contribution is -0.116. The molecule has 2 heterocycles. The molecule has 33 heavy (non-hydrogen) atoms. The van der Waals surface area contributed by atoms with E-state index in [1.807, 2.05) is 86.0 Å². The van der Waals surface area contributed by atoms with Gasteiger partial charge in [-0.1, -0.05) is 43.8 Å². The molecule has 8 heteroatoms. The van der Waals surface area contributed by atoms with E-state index in [9.17, 15) is 4.79 Å². The van der Waals surface area contributed by atoms with E-state index >= 15 is 0 Å². The van der Waals surface area contributed by atoms with E-state index in [0.29, 0.717) is 16.7 Å². The van der Waals surface area contributed by atoms with E-state index in [1.54, 1.807) is 13.4 Å². The van der Waals surface area contributed by atoms with Crippen LogP contribution in [0.5, 0.6) is 5.75 Å². The van der Waals surface area contributed by atoms with Crippen LogP contribution in [-0.2, 0) is 4.79 Å². The number of para-hydroxylation sites is 1. The van der Waals surface area contributed by atoms with E-state index in [4.69, 9.17) is 9.15 Å². The number of ether oxygens (including phenoxy) is 1. The summed E-state index contributed by atoms with van der Waals surface area (Å²) in [7, 11) is 1.61. The number of methoxy groups -OCH3 is 1. The molecule has 0 aliphatic heterocycles. The molecule has 2 aromatic heterocycles. The van der Waals surface area contributed by atoms with Crippen molar-refractivity contribution in [3.63, 3.8) is 0 Å². The number of nitrogens with zero attached hydrogens (tertiary/aromatic N) is 3. The molecule has 4 rings (SSSR count). The number of aryl methyl sites for hydroxylation is 1. The monoisotopic (exact) mass is 462 g/mol. The van der Waals surface area contributed by atoms with Crippen molar-refractivity contribution in [2.45, 2.75) is 31.2 Å². The Balaban J connectivity index is 1.66. The van der Waals surface area contributed by atoms with Crippen LogP contribution in [0.15, 0.2) is 76.5 Å². The van der Waals surface area contributed by atoms with E-state index in [2.05, 4.69) is 15.5 Å². The van der Waals surface area contributed by atoms with Crippen LogP contribution in [-0.4, -0.2) is 33.0 Å². The highest BCUT2D eigenvalue weighted by Crippen LogP contribution is 2.34. The predicted molar refractivity (Wildman–Crippen MR) is 130 cm³/mol. The zero-order valence-corrected chi connectivity index (χ0v) is 19.8. The summed E-state index contributed by atoms with van der Waals surface area (Å²) >= 11 is 1.40. The van der Waals surface area contributed by atoms with Gasteiger partial charge in [0.25, 0.3) is 0 Å². The number of nitrogens with one attached hydrogen (secondary N) is 1. The molecule has 0 spiro atoms. The van der Waals surface area contributed by atoms with Gasteiger partial charge in [-0.3, -0.25) is 9.36 Å². The largest absolute Gasteiger partial charge is 0.497 e. The maximum atomic E-state index is 13.2. The highest BCUT2D eigenvalue weighted by Gasteiger charge is 2.28. The van der Waals surface area contributed by atoms with Gasteiger partial charge >= 0.3 is 0 Å². The molecular weight excluding hydrogens is 436 g/mol. The average molecular weight is 463 g/mol. The van der Waals surface area contributed by atoms with Crippen LogP contribution in [0.4, 0.5) is 5.69 Å². The normalized spacial score (nSPS) is 12.0. The summed E-state index contributed by atoms with van der Waals surface area (Å²) < 4.78 is 12.7. The zero-order chi connectivity index (χ0) is 23.4. The molecule has 0 radical (unpaired) electrons. The molecule has 7 nitrogen and oxygen atoms in total. The van der Waals surface area contributed by atoms with Crippen LogP contribution < -0.4 is 10.1 Å². The van der Waals surface area contributed by atoms with Crippen molar-refractivity contribution in [3.05, 3.63) is 72.7 Å². The van der Waals surface area contributed by atoms with E-state index in [0.717, 1.165) is 22.8 Å². The van der Waals surface area contributed by atoms with Crippen molar-refractivity contribution in [3.8, 4) is 22.8 Å². The van der Waals surface area contributed by atoms with Crippen molar-refractivity contribution in [1.29, 1.82) is 0 Å². The molecule has 1 amide bonds. The van der Waals surface area contributed by atoms with Gasteiger partial charge in [0.2, 0.25) is 5.91 Å². The first kappa shape index (κ1) is 22.7. The van der Waals surface area contributed by atoms with E-state index < -0.39 is 0 Å². The first-order chi connectivity index (χ1) is 16.0. The number of amides is 1. The molecule has 0 aliphatic rings. The van der Waals surface area contributed by atoms with Gasteiger partial charge in [-0.2, -0.15) is 0 Å². The second kappa shape index (κ2) is 9.95. The lowest BCUT2D eigenvalue weighted by Crippen LogP contribution is -2.30. The van der Waals surface area contributed by atoms with Gasteiger partial charge < -0.3 is 14.5 Å². The highest BCUT2D eigenvalue weighted by atomic mass is 32.2. The highest BCUT2D eigenvalue weighted by molar-refractivity contribution is 8.00. The Hall–Kier alpha value is -3.52. The van der Waals surface area contributed by atoms with Gasteiger partial charge in [0.15, 0.2) is 11.0 Å². The van der Waals surface area contributed by atoms with Gasteiger partial charge in [0.1, 0.15) is 11.5 Å². The topological polar surface area (TPSA) is 82.2 Å². The van der Waals surface area contributed by atoms with Crippen LogP contribution in [0.25, 0.3) is 17.1 Å². The van der Waals surface area contributed by atoms with Crippen LogP contribution in [0, 0.1) is 12.8 Å². The van der Waals surface area contributed by atoms with Crippen molar-refractivity contribution < 1.29 is 13.9 Å². The van der Waals surface area contributed by atoms with Crippen LogP contribution >= 0.6 is 11.8 Å². The summed E-state index contributed by atoms with van der Waals surface area (Å²) in [6, 6.07) is 19.0. The molecule has 0 saturated carbocycles. The lowest BCUT2D eigenvalue weighted by Gasteiger charge is -2.20. The average Bonchev–Trinajstić information content (AvgIpc) is 3.43. The van der Waals surface area contributed by atoms with Gasteiger partial charge in [-0.25, -0.2) is 0 Å². The van der Waals surface area contributed by atoms with Crippen LogP contribution in [0.3, 0.4) is 0 Å². The van der Waals surface area contributed by atoms with Crippen molar-refractivity contribution in [1.82, 2.24) is 14.8 Å². The number of rotatable bonds is 8. The quantitative estimate of drug-likeness (QED) is 0.343. The third-order valence-corrected chi connectivity index (χ3v) is 6.69. The van der Waals surface area contributed by atoms with E-state index in [1.165, 1.54) is 11.8 Å². The summed E-state index contributed by atoms with van der Waals surface area (Å²) in [5, 5.41) is 12.2. The minimum atomic E-state index is -0.378. The standard InChI is InChI=1S/C25H26N4O3S/c1-16(2)22(24(30)26-18-10-12-20(31-4)13-11-18)33-25-28-27-23(21-14-15-32-17(21)3)29(25)19-8-6-5-7-9-19/h5-16,22H,1-4H3,(H,26,30). The van der Waals surface area contributed by atoms with Gasteiger partial charge in [0.05, 0.1) is 24.2 Å². The van der Waals surface area contributed by atoms with Crippen molar-refractivity contribution in [2.24, 2.45) is 5.92 Å². The van der Waals surface area contributed by atoms with Crippen molar-refractivity contribution >= 4 is 23.4 Å². The number of carbonyl (C=O) groups excluding carboxylic acids is 1. The zero-order valence-electron chi connectivity index (χ0n) is 19.0. The number of aromatic nitrogens is 3. The Bertz CT molecular complexity index is 1220. The Labute approximate surface area is 197 Å². The molecule has 0 aliphatic carbocycles. The number of benzene rings is 2. The summed E-state index contributed by atoms with van der Waals surface area (Å²) in [5.41, 5.74) is 2.49. The summed E-state index contributed by atoms with van der Waals surface area (Å²) in [6.45, 7) is 5.94. The van der Waals surface area contributed by atoms with Gasteiger partial charge in [-0.05, 0) is 55.3 Å². The Kier molecular flexibility index (Phi) is 6.84. The maximum Gasteiger partial charge on any atom is 0.238 e. The number of furan rings is 1. The SMILES string of the molecule is COc1ccc(NC(=O)C(Sc2nnc(-c3ccoc3C)n2-c2ccccc2)C(C)C)cc1. The van der Waals surface area contributed by atoms with Gasteiger partial charge in [-0.15, -0.1) is 10.2 Å². The summed E-state index contributed by atoms with van der Waals surface area (Å²) in [6.07, 6.45) is 1.64. The van der Waals surface area contributed by atoms with Crippen molar-refractivity contribution in [2.75, 3.05) is 12.4 Å². The first-order valence-electron chi connectivity index (χ1n) is 10.6. The molecule has 1 N–H and O–H groups in total. The number of thioether (sulfide) groups is 1. The molecule has 1 atom stereocenters. The molecule has 4 aromatic rings. The third kappa shape index (κ3) is 4.96. The number of carbonyl (C=O) groups is 1. The Morgan fingerprint density at radius 3 is 2.39 bits per heavy atom. The van der Waals surface area contributed by atoms with Crippen LogP contribution in [0.2, 0.25) is 0 Å². The molecular formula is C25H26N4O3S. The minimum Gasteiger partial charge on any atom is -0.497 e. The Morgan fingerprint density at radius 2 is 1.79 bits per heavy atom. The molecule has 0 saturated heterocycles. The molecule has 1 unspecified atom stereocenters. The number of hydrogen-bond acceptors (Lipinski definition) is 6. The molecule has 170 valence electrons. The number of anilines is 1. The van der Waals surface area contributed by atoms with Crippen LogP contribution in [0.1, 0.15) is 19.6 Å². The Morgan fingerprint density at radius 1 is 1.06 bits per heavy atom. The second-order valence-electron chi connectivity index (χ2n) is 7.87. The molecule has 0 fully saturated rings. The maximum absolute atomic E-state index is 13.2. The smallest absolute Gasteiger partial charge is 0.238 e. The fraction of sp³-hybridized carbons (Fsp3) is 0.240. The lowest BCUT2D eigenvalue weighted by atomic mass is 10.1. The summed E-state index contributed by atoms with van der Waals surface area (Å²) in [5.74, 6) is 2.14. The van der Waals surface area contributed by atoms with E-state index in [-0.39, 0.29) is 17.1 Å². The molecule has 0 bridgehead atoms. The molecule has 2 aromatic carbocycles. The van der Waals surface area contributed by atoms with Gasteiger partial charge in [0, 0.05) is 11.4 Å². The first-order valence-corrected chi connectivity index (χ1v) is 11.5. The fourth-order valence-corrected chi connectivity index (χ4v) is 4.49. The number of hydrogen-bond donors (Lipinski definition) is 1. The fourth-order valence-electron chi connectivity index (χ4n) is 3.44.